The van der Waals surface area contributed by atoms with Crippen molar-refractivity contribution in [3.63, 3.8) is 0 Å². The molecule has 2 aliphatic heterocycles. The third-order valence-corrected chi connectivity index (χ3v) is 8.01. The number of rotatable bonds is 9. The second-order valence-electron chi connectivity index (χ2n) is 12.5. The Bertz CT molecular complexity index is 1200. The van der Waals surface area contributed by atoms with Crippen molar-refractivity contribution in [3.8, 4) is 0 Å². The van der Waals surface area contributed by atoms with E-state index < -0.39 is 58.6 Å². The monoisotopic (exact) mass is 584 g/mol. The van der Waals surface area contributed by atoms with Crippen molar-refractivity contribution >= 4 is 35.4 Å². The van der Waals surface area contributed by atoms with E-state index in [1.54, 1.807) is 4.90 Å². The third kappa shape index (κ3) is 8.07. The van der Waals surface area contributed by atoms with Gasteiger partial charge >= 0.3 is 6.03 Å². The number of nitrogens with two attached hydrogens (primary N) is 1. The van der Waals surface area contributed by atoms with Crippen molar-refractivity contribution in [1.29, 1.82) is 0 Å². The second-order valence-corrected chi connectivity index (χ2v) is 12.5. The van der Waals surface area contributed by atoms with Crippen LogP contribution in [-0.2, 0) is 30.4 Å². The molecule has 230 valence electrons. The van der Waals surface area contributed by atoms with Gasteiger partial charge in [0, 0.05) is 26.6 Å². The summed E-state index contributed by atoms with van der Waals surface area (Å²) in [5, 5.41) is 8.49. The molecule has 3 rings (SSSR count). The number of urea groups is 1. The normalized spacial score (nSPS) is 22.1. The summed E-state index contributed by atoms with van der Waals surface area (Å²) in [6.07, 6.45) is 2.82. The van der Waals surface area contributed by atoms with Crippen LogP contribution in [0.3, 0.4) is 0 Å². The van der Waals surface area contributed by atoms with E-state index in [0.717, 1.165) is 12.0 Å². The number of nitrogens with zero attached hydrogens (tertiary/aromatic N) is 2. The molecular formula is C30H44N6O6. The SMILES string of the molecule is CC(=O)N1CCCC(Cc2ccccc2)(NC(=O)NC(C(=O)N2CCCC2C(=O)NC(C)C(=O)C(N)=O)C(C)(C)C)C1. The average Bonchev–Trinajstić information content (AvgIpc) is 3.41. The molecule has 0 aromatic heterocycles. The first-order valence-corrected chi connectivity index (χ1v) is 14.5. The summed E-state index contributed by atoms with van der Waals surface area (Å²) < 4.78 is 0. The maximum atomic E-state index is 13.9. The highest BCUT2D eigenvalue weighted by Gasteiger charge is 2.44. The molecule has 2 heterocycles. The summed E-state index contributed by atoms with van der Waals surface area (Å²) in [7, 11) is 0. The van der Waals surface area contributed by atoms with Gasteiger partial charge in [0.15, 0.2) is 0 Å². The molecule has 2 fully saturated rings. The van der Waals surface area contributed by atoms with Gasteiger partial charge in [-0.25, -0.2) is 4.79 Å². The number of hydrogen-bond acceptors (Lipinski definition) is 6. The molecule has 4 atom stereocenters. The van der Waals surface area contributed by atoms with E-state index in [-0.39, 0.29) is 5.91 Å². The Kier molecular flexibility index (Phi) is 10.3. The Morgan fingerprint density at radius 1 is 1.02 bits per heavy atom. The lowest BCUT2D eigenvalue weighted by molar-refractivity contribution is -0.143. The Labute approximate surface area is 247 Å². The van der Waals surface area contributed by atoms with Gasteiger partial charge in [0.05, 0.1) is 11.6 Å². The van der Waals surface area contributed by atoms with Crippen LogP contribution in [0, 0.1) is 5.41 Å². The molecule has 0 spiro atoms. The topological polar surface area (TPSA) is 171 Å². The summed E-state index contributed by atoms with van der Waals surface area (Å²) in [5.74, 6) is -3.13. The van der Waals surface area contributed by atoms with Crippen molar-refractivity contribution in [3.05, 3.63) is 35.9 Å². The van der Waals surface area contributed by atoms with E-state index in [0.29, 0.717) is 45.3 Å². The fourth-order valence-electron chi connectivity index (χ4n) is 5.79. The van der Waals surface area contributed by atoms with Crippen LogP contribution in [0.5, 0.6) is 0 Å². The molecule has 0 radical (unpaired) electrons. The van der Waals surface area contributed by atoms with E-state index in [2.05, 4.69) is 16.0 Å². The standard InChI is InChI=1S/C30H44N6O6/c1-19(23(38)25(31)39)32-26(40)22-13-9-16-36(22)27(41)24(29(3,4)5)33-28(42)34-30(17-21-11-7-6-8-12-21)14-10-15-35(18-30)20(2)37/h6-8,11-12,19,22,24H,9-10,13-18H2,1-5H3,(H2,31,39)(H,32,40)(H2,33,34,42). The van der Waals surface area contributed by atoms with E-state index in [4.69, 9.17) is 5.73 Å². The number of ketones is 1. The molecule has 5 N–H and O–H groups in total. The molecule has 2 aliphatic rings. The van der Waals surface area contributed by atoms with Crippen molar-refractivity contribution in [2.24, 2.45) is 11.1 Å². The lowest BCUT2D eigenvalue weighted by atomic mass is 9.82. The van der Waals surface area contributed by atoms with E-state index in [1.807, 2.05) is 51.1 Å². The van der Waals surface area contributed by atoms with Crippen LogP contribution in [0.15, 0.2) is 30.3 Å². The van der Waals surface area contributed by atoms with Gasteiger partial charge in [-0.05, 0) is 50.0 Å². The summed E-state index contributed by atoms with van der Waals surface area (Å²) in [4.78, 5) is 79.0. The number of likely N-dealkylation sites (tertiary alicyclic amines) is 2. The van der Waals surface area contributed by atoms with Crippen LogP contribution in [0.1, 0.15) is 65.9 Å². The molecule has 0 saturated carbocycles. The number of carbonyl (C=O) groups is 6. The van der Waals surface area contributed by atoms with E-state index >= 15 is 0 Å². The second kappa shape index (κ2) is 13.3. The molecule has 0 bridgehead atoms. The minimum absolute atomic E-state index is 0.0673. The number of amides is 6. The van der Waals surface area contributed by atoms with E-state index in [9.17, 15) is 28.8 Å². The van der Waals surface area contributed by atoms with Crippen LogP contribution >= 0.6 is 0 Å². The van der Waals surface area contributed by atoms with Gasteiger partial charge < -0.3 is 31.5 Å². The van der Waals surface area contributed by atoms with Gasteiger partial charge in [-0.3, -0.25) is 24.0 Å². The molecule has 42 heavy (non-hydrogen) atoms. The summed E-state index contributed by atoms with van der Waals surface area (Å²) >= 11 is 0. The predicted molar refractivity (Wildman–Crippen MR) is 156 cm³/mol. The quantitative estimate of drug-likeness (QED) is 0.314. The number of Topliss-reactive ketones (excluding diaryl/α,β-unsaturated/α-hetero) is 1. The molecule has 1 aromatic rings. The fourth-order valence-corrected chi connectivity index (χ4v) is 5.79. The summed E-state index contributed by atoms with van der Waals surface area (Å²) in [6.45, 7) is 9.61. The zero-order valence-electron chi connectivity index (χ0n) is 25.2. The number of primary amides is 1. The molecule has 4 unspecified atom stereocenters. The lowest BCUT2D eigenvalue weighted by Gasteiger charge is -2.44. The summed E-state index contributed by atoms with van der Waals surface area (Å²) in [5.41, 5.74) is 4.62. The largest absolute Gasteiger partial charge is 0.363 e. The van der Waals surface area contributed by atoms with Crippen LogP contribution in [-0.4, -0.2) is 88.5 Å². The van der Waals surface area contributed by atoms with Gasteiger partial charge in [-0.1, -0.05) is 51.1 Å². The van der Waals surface area contributed by atoms with Crippen LogP contribution in [0.4, 0.5) is 4.79 Å². The highest BCUT2D eigenvalue weighted by atomic mass is 16.2. The van der Waals surface area contributed by atoms with Crippen molar-refractivity contribution in [2.45, 2.75) is 90.4 Å². The first-order valence-electron chi connectivity index (χ1n) is 14.5. The van der Waals surface area contributed by atoms with Crippen LogP contribution in [0.2, 0.25) is 0 Å². The molecule has 12 nitrogen and oxygen atoms in total. The molecule has 6 amide bonds. The van der Waals surface area contributed by atoms with Gasteiger partial charge in [0.1, 0.15) is 12.1 Å². The number of hydrogen-bond donors (Lipinski definition) is 4. The van der Waals surface area contributed by atoms with Gasteiger partial charge in [0.2, 0.25) is 23.5 Å². The lowest BCUT2D eigenvalue weighted by Crippen LogP contribution is -2.65. The highest BCUT2D eigenvalue weighted by molar-refractivity contribution is 6.37. The van der Waals surface area contributed by atoms with E-state index in [1.165, 1.54) is 18.7 Å². The number of benzene rings is 1. The zero-order chi connectivity index (χ0) is 31.2. The third-order valence-electron chi connectivity index (χ3n) is 8.01. The van der Waals surface area contributed by atoms with Crippen molar-refractivity contribution in [2.75, 3.05) is 19.6 Å². The first kappa shape index (κ1) is 32.6. The number of piperidine rings is 1. The van der Waals surface area contributed by atoms with Crippen molar-refractivity contribution < 1.29 is 28.8 Å². The highest BCUT2D eigenvalue weighted by Crippen LogP contribution is 2.28. The van der Waals surface area contributed by atoms with Gasteiger partial charge in [0.25, 0.3) is 5.91 Å². The molecule has 0 aliphatic carbocycles. The molecule has 12 heteroatoms. The van der Waals surface area contributed by atoms with Crippen LogP contribution in [0.25, 0.3) is 0 Å². The molecule has 2 saturated heterocycles. The average molecular weight is 585 g/mol. The van der Waals surface area contributed by atoms with Gasteiger partial charge in [-0.15, -0.1) is 0 Å². The molecular weight excluding hydrogens is 540 g/mol. The smallest absolute Gasteiger partial charge is 0.315 e. The minimum Gasteiger partial charge on any atom is -0.363 e. The number of nitrogens with one attached hydrogen (secondary N) is 3. The minimum atomic E-state index is -1.15. The number of carbonyl (C=O) groups excluding carboxylic acids is 6. The Morgan fingerprint density at radius 2 is 1.69 bits per heavy atom. The zero-order valence-corrected chi connectivity index (χ0v) is 25.2. The maximum absolute atomic E-state index is 13.9. The van der Waals surface area contributed by atoms with Crippen molar-refractivity contribution in [1.82, 2.24) is 25.8 Å². The Morgan fingerprint density at radius 3 is 2.29 bits per heavy atom. The maximum Gasteiger partial charge on any atom is 0.315 e. The predicted octanol–water partition coefficient (Wildman–Crippen LogP) is 0.874. The van der Waals surface area contributed by atoms with Crippen LogP contribution < -0.4 is 21.7 Å². The fraction of sp³-hybridized carbons (Fsp3) is 0.600. The van der Waals surface area contributed by atoms with Gasteiger partial charge in [-0.2, -0.15) is 0 Å². The first-order chi connectivity index (χ1) is 19.6. The molecule has 1 aromatic carbocycles. The Hall–Kier alpha value is -3.96. The Balaban J connectivity index is 1.79. The summed E-state index contributed by atoms with van der Waals surface area (Å²) in [6, 6.07) is 6.23.